The third-order valence-electron chi connectivity index (χ3n) is 6.41. The number of nitrogens with zero attached hydrogens (tertiary/aromatic N) is 2. The molecule has 0 aliphatic carbocycles. The molecular formula is C24H26FN3O3. The molecule has 0 unspecified atom stereocenters. The quantitative estimate of drug-likeness (QED) is 0.768. The minimum atomic E-state index is -0.967. The minimum absolute atomic E-state index is 0.120. The summed E-state index contributed by atoms with van der Waals surface area (Å²) in [5.74, 6) is -0.738. The van der Waals surface area contributed by atoms with E-state index in [1.54, 1.807) is 30.9 Å². The lowest BCUT2D eigenvalue weighted by Crippen LogP contribution is -2.57. The highest BCUT2D eigenvalue weighted by Crippen LogP contribution is 2.33. The first-order valence-corrected chi connectivity index (χ1v) is 10.5. The second-order valence-corrected chi connectivity index (χ2v) is 8.82. The lowest BCUT2D eigenvalue weighted by atomic mass is 9.81. The van der Waals surface area contributed by atoms with Gasteiger partial charge in [0.05, 0.1) is 12.0 Å². The van der Waals surface area contributed by atoms with Gasteiger partial charge in [0.1, 0.15) is 11.4 Å². The van der Waals surface area contributed by atoms with Crippen molar-refractivity contribution in [2.45, 2.75) is 44.2 Å². The van der Waals surface area contributed by atoms with E-state index in [1.807, 2.05) is 30.3 Å². The fourth-order valence-electron chi connectivity index (χ4n) is 4.41. The molecule has 2 aromatic rings. The van der Waals surface area contributed by atoms with Crippen molar-refractivity contribution < 1.29 is 18.8 Å². The molecule has 162 valence electrons. The van der Waals surface area contributed by atoms with Crippen LogP contribution in [0.5, 0.6) is 0 Å². The number of benzene rings is 2. The molecule has 4 amide bonds. The number of amides is 4. The molecule has 2 aliphatic heterocycles. The number of likely N-dealkylation sites (tertiary alicyclic amines) is 1. The van der Waals surface area contributed by atoms with Gasteiger partial charge in [-0.2, -0.15) is 0 Å². The first kappa shape index (κ1) is 21.0. The summed E-state index contributed by atoms with van der Waals surface area (Å²) < 4.78 is 13.7. The molecule has 1 N–H and O–H groups in total. The number of hydrogen-bond donors (Lipinski definition) is 1. The van der Waals surface area contributed by atoms with E-state index in [0.717, 1.165) is 5.56 Å². The molecule has 0 aromatic heterocycles. The van der Waals surface area contributed by atoms with E-state index >= 15 is 0 Å². The van der Waals surface area contributed by atoms with Crippen LogP contribution in [0.15, 0.2) is 54.6 Å². The predicted octanol–water partition coefficient (Wildman–Crippen LogP) is 3.22. The molecule has 2 saturated heterocycles. The fourth-order valence-corrected chi connectivity index (χ4v) is 4.41. The van der Waals surface area contributed by atoms with Gasteiger partial charge in [0.15, 0.2) is 0 Å². The topological polar surface area (TPSA) is 69.7 Å². The van der Waals surface area contributed by atoms with E-state index in [4.69, 9.17) is 0 Å². The Morgan fingerprint density at radius 1 is 1.06 bits per heavy atom. The van der Waals surface area contributed by atoms with Gasteiger partial charge < -0.3 is 10.2 Å². The van der Waals surface area contributed by atoms with E-state index in [2.05, 4.69) is 5.32 Å². The smallest absolute Gasteiger partial charge is 0.325 e. The van der Waals surface area contributed by atoms with Crippen LogP contribution in [-0.2, 0) is 21.5 Å². The molecule has 0 saturated carbocycles. The molecule has 31 heavy (non-hydrogen) atoms. The highest BCUT2D eigenvalue weighted by molar-refractivity contribution is 6.07. The number of hydrogen-bond acceptors (Lipinski definition) is 3. The molecule has 4 rings (SSSR count). The Hall–Kier alpha value is -3.22. The number of rotatable bonds is 4. The zero-order valence-corrected chi connectivity index (χ0v) is 17.7. The van der Waals surface area contributed by atoms with Gasteiger partial charge >= 0.3 is 6.03 Å². The zero-order valence-electron chi connectivity index (χ0n) is 17.7. The Morgan fingerprint density at radius 3 is 2.39 bits per heavy atom. The molecule has 2 fully saturated rings. The van der Waals surface area contributed by atoms with Crippen LogP contribution >= 0.6 is 0 Å². The third kappa shape index (κ3) is 3.80. The van der Waals surface area contributed by atoms with Gasteiger partial charge in [0, 0.05) is 13.1 Å². The van der Waals surface area contributed by atoms with Gasteiger partial charge in [0.2, 0.25) is 5.91 Å². The standard InChI is InChI=1S/C24H26FN3O3/c1-23(2,18-9-6-10-19(25)15-18)20(29)27-13-11-24(12-14-27)21(30)28(22(31)26-24)16-17-7-4-3-5-8-17/h3-10,15H,11-14,16H2,1-2H3,(H,26,31). The first-order valence-electron chi connectivity index (χ1n) is 10.5. The lowest BCUT2D eigenvalue weighted by Gasteiger charge is -2.40. The monoisotopic (exact) mass is 423 g/mol. The summed E-state index contributed by atoms with van der Waals surface area (Å²) in [5.41, 5.74) is -0.370. The van der Waals surface area contributed by atoms with Crippen molar-refractivity contribution in [1.82, 2.24) is 15.1 Å². The normalized spacial score (nSPS) is 18.4. The van der Waals surface area contributed by atoms with Crippen molar-refractivity contribution >= 4 is 17.8 Å². The van der Waals surface area contributed by atoms with Crippen LogP contribution in [0, 0.1) is 5.82 Å². The van der Waals surface area contributed by atoms with Crippen LogP contribution in [0.4, 0.5) is 9.18 Å². The van der Waals surface area contributed by atoms with Gasteiger partial charge in [-0.05, 0) is 49.9 Å². The summed E-state index contributed by atoms with van der Waals surface area (Å²) in [6.45, 7) is 4.48. The summed E-state index contributed by atoms with van der Waals surface area (Å²) in [5, 5.41) is 2.88. The number of piperidine rings is 1. The number of nitrogens with one attached hydrogen (secondary N) is 1. The maximum absolute atomic E-state index is 13.7. The van der Waals surface area contributed by atoms with Gasteiger partial charge in [-0.25, -0.2) is 9.18 Å². The van der Waals surface area contributed by atoms with E-state index in [0.29, 0.717) is 31.5 Å². The van der Waals surface area contributed by atoms with E-state index in [-0.39, 0.29) is 24.2 Å². The van der Waals surface area contributed by atoms with Crippen LogP contribution in [0.1, 0.15) is 37.8 Å². The van der Waals surface area contributed by atoms with Crippen molar-refractivity contribution in [2.24, 2.45) is 0 Å². The molecule has 2 heterocycles. The summed E-state index contributed by atoms with van der Waals surface area (Å²) in [4.78, 5) is 41.8. The fraction of sp³-hybridized carbons (Fsp3) is 0.375. The highest BCUT2D eigenvalue weighted by Gasteiger charge is 2.53. The second kappa shape index (κ2) is 7.80. The predicted molar refractivity (Wildman–Crippen MR) is 113 cm³/mol. The Morgan fingerprint density at radius 2 is 1.74 bits per heavy atom. The SMILES string of the molecule is CC(C)(C(=O)N1CCC2(CC1)NC(=O)N(Cc1ccccc1)C2=O)c1cccc(F)c1. The molecule has 7 heteroatoms. The van der Waals surface area contributed by atoms with Crippen molar-refractivity contribution in [2.75, 3.05) is 13.1 Å². The van der Waals surface area contributed by atoms with E-state index in [1.165, 1.54) is 17.0 Å². The number of halogens is 1. The maximum atomic E-state index is 13.7. The van der Waals surface area contributed by atoms with Crippen molar-refractivity contribution in [1.29, 1.82) is 0 Å². The number of carbonyl (C=O) groups is 3. The molecule has 1 spiro atoms. The van der Waals surface area contributed by atoms with Gasteiger partial charge in [-0.1, -0.05) is 42.5 Å². The highest BCUT2D eigenvalue weighted by atomic mass is 19.1. The summed E-state index contributed by atoms with van der Waals surface area (Å²) in [6, 6.07) is 15.1. The van der Waals surface area contributed by atoms with Crippen LogP contribution in [-0.4, -0.2) is 46.3 Å². The minimum Gasteiger partial charge on any atom is -0.342 e. The van der Waals surface area contributed by atoms with Gasteiger partial charge in [0.25, 0.3) is 5.91 Å². The third-order valence-corrected chi connectivity index (χ3v) is 6.41. The first-order chi connectivity index (χ1) is 14.7. The van der Waals surface area contributed by atoms with E-state index < -0.39 is 17.0 Å². The average molecular weight is 423 g/mol. The average Bonchev–Trinajstić information content (AvgIpc) is 2.98. The van der Waals surface area contributed by atoms with Crippen LogP contribution in [0.3, 0.4) is 0 Å². The molecule has 2 aliphatic rings. The second-order valence-electron chi connectivity index (χ2n) is 8.82. The van der Waals surface area contributed by atoms with Crippen LogP contribution < -0.4 is 5.32 Å². The van der Waals surface area contributed by atoms with Crippen LogP contribution in [0.2, 0.25) is 0 Å². The molecule has 0 atom stereocenters. The number of carbonyl (C=O) groups excluding carboxylic acids is 3. The Labute approximate surface area is 181 Å². The van der Waals surface area contributed by atoms with Crippen molar-refractivity contribution in [3.63, 3.8) is 0 Å². The van der Waals surface area contributed by atoms with Crippen molar-refractivity contribution in [3.05, 3.63) is 71.5 Å². The molecule has 0 bridgehead atoms. The molecule has 6 nitrogen and oxygen atoms in total. The molecule has 0 radical (unpaired) electrons. The largest absolute Gasteiger partial charge is 0.342 e. The Bertz CT molecular complexity index is 1010. The molecular weight excluding hydrogens is 397 g/mol. The Kier molecular flexibility index (Phi) is 5.29. The Balaban J connectivity index is 1.45. The summed E-state index contributed by atoms with van der Waals surface area (Å²) in [7, 11) is 0. The van der Waals surface area contributed by atoms with Gasteiger partial charge in [-0.3, -0.25) is 14.5 Å². The summed E-state index contributed by atoms with van der Waals surface area (Å²) >= 11 is 0. The maximum Gasteiger partial charge on any atom is 0.325 e. The van der Waals surface area contributed by atoms with Crippen molar-refractivity contribution in [3.8, 4) is 0 Å². The van der Waals surface area contributed by atoms with E-state index in [9.17, 15) is 18.8 Å². The number of urea groups is 1. The zero-order chi connectivity index (χ0) is 22.2. The van der Waals surface area contributed by atoms with Crippen LogP contribution in [0.25, 0.3) is 0 Å². The summed E-state index contributed by atoms with van der Waals surface area (Å²) in [6.07, 6.45) is 0.710. The number of imide groups is 1. The van der Waals surface area contributed by atoms with Gasteiger partial charge in [-0.15, -0.1) is 0 Å². The lowest BCUT2D eigenvalue weighted by molar-refractivity contribution is -0.141. The molecule has 2 aromatic carbocycles.